The highest BCUT2D eigenvalue weighted by Crippen LogP contribution is 2.57. The molecule has 2 aromatic rings. The van der Waals surface area contributed by atoms with Crippen LogP contribution in [-0.2, 0) is 0 Å². The van der Waals surface area contributed by atoms with Gasteiger partial charge in [0, 0.05) is 12.1 Å². The molecule has 0 saturated heterocycles. The maximum Gasteiger partial charge on any atom is 0.259 e. The minimum absolute atomic E-state index is 0.306. The number of aromatic nitrogens is 3. The van der Waals surface area contributed by atoms with Crippen molar-refractivity contribution >= 4 is 5.82 Å². The third-order valence-corrected chi connectivity index (χ3v) is 3.30. The quantitative estimate of drug-likeness (QED) is 0.855. The summed E-state index contributed by atoms with van der Waals surface area (Å²) in [6, 6.07) is 3.55. The van der Waals surface area contributed by atoms with E-state index in [1.165, 1.54) is 0 Å². The van der Waals surface area contributed by atoms with E-state index in [1.54, 1.807) is 12.3 Å². The van der Waals surface area contributed by atoms with Gasteiger partial charge < -0.3 is 10.3 Å². The zero-order chi connectivity index (χ0) is 12.0. The smallest absolute Gasteiger partial charge is 0.259 e. The Morgan fingerprint density at radius 2 is 2.18 bits per heavy atom. The normalized spacial score (nSPS) is 21.4. The summed E-state index contributed by atoms with van der Waals surface area (Å²) >= 11 is 0. The fraction of sp³-hybridized carbons (Fsp3) is 0.417. The van der Waals surface area contributed by atoms with Gasteiger partial charge >= 0.3 is 0 Å². The lowest BCUT2D eigenvalue weighted by atomic mass is 10.1. The second-order valence-corrected chi connectivity index (χ2v) is 5.17. The molecule has 88 valence electrons. The minimum atomic E-state index is 0.306. The molecule has 2 aromatic heterocycles. The largest absolute Gasteiger partial charge is 0.384 e. The maximum atomic E-state index is 5.53. The van der Waals surface area contributed by atoms with Gasteiger partial charge in [-0.1, -0.05) is 19.0 Å². The molecule has 0 radical (unpaired) electrons. The highest BCUT2D eigenvalue weighted by molar-refractivity contribution is 5.53. The van der Waals surface area contributed by atoms with E-state index in [9.17, 15) is 0 Å². The molecule has 5 nitrogen and oxygen atoms in total. The summed E-state index contributed by atoms with van der Waals surface area (Å²) in [7, 11) is 0. The zero-order valence-corrected chi connectivity index (χ0v) is 9.84. The lowest BCUT2D eigenvalue weighted by Gasteiger charge is -1.96. The molecule has 5 heteroatoms. The highest BCUT2D eigenvalue weighted by Gasteiger charge is 2.49. The number of pyridine rings is 1. The Balaban J connectivity index is 1.88. The molecule has 0 amide bonds. The number of rotatable bonds is 2. The molecule has 2 N–H and O–H groups in total. The maximum absolute atomic E-state index is 5.53. The molecule has 1 unspecified atom stereocenters. The van der Waals surface area contributed by atoms with Crippen LogP contribution in [0.1, 0.15) is 32.0 Å². The van der Waals surface area contributed by atoms with Crippen molar-refractivity contribution in [3.8, 4) is 11.5 Å². The van der Waals surface area contributed by atoms with Crippen LogP contribution in [0.25, 0.3) is 11.5 Å². The fourth-order valence-corrected chi connectivity index (χ4v) is 1.93. The monoisotopic (exact) mass is 230 g/mol. The van der Waals surface area contributed by atoms with Crippen LogP contribution in [0.5, 0.6) is 0 Å². The van der Waals surface area contributed by atoms with Crippen LogP contribution in [-0.4, -0.2) is 15.1 Å². The highest BCUT2D eigenvalue weighted by atomic mass is 16.5. The average Bonchev–Trinajstić information content (AvgIpc) is 2.76. The summed E-state index contributed by atoms with van der Waals surface area (Å²) in [6.45, 7) is 4.41. The molecule has 1 saturated carbocycles. The molecule has 1 atom stereocenters. The Labute approximate surface area is 99.1 Å². The van der Waals surface area contributed by atoms with Gasteiger partial charge in [-0.05, 0) is 24.0 Å². The van der Waals surface area contributed by atoms with Crippen LogP contribution in [0, 0.1) is 5.41 Å². The SMILES string of the molecule is CC1(C)CC1c1noc(-c2ccc(N)nc2)n1. The van der Waals surface area contributed by atoms with E-state index in [2.05, 4.69) is 29.0 Å². The summed E-state index contributed by atoms with van der Waals surface area (Å²) in [5.41, 5.74) is 6.63. The second-order valence-electron chi connectivity index (χ2n) is 5.17. The van der Waals surface area contributed by atoms with Crippen LogP contribution in [0.2, 0.25) is 0 Å². The van der Waals surface area contributed by atoms with Crippen molar-refractivity contribution in [2.45, 2.75) is 26.2 Å². The number of nitrogens with two attached hydrogens (primary N) is 1. The van der Waals surface area contributed by atoms with Gasteiger partial charge in [0.25, 0.3) is 5.89 Å². The van der Waals surface area contributed by atoms with Crippen LogP contribution < -0.4 is 5.73 Å². The predicted molar refractivity (Wildman–Crippen MR) is 63.1 cm³/mol. The molecule has 0 aromatic carbocycles. The van der Waals surface area contributed by atoms with E-state index >= 15 is 0 Å². The molecule has 3 rings (SSSR count). The first-order chi connectivity index (χ1) is 8.06. The standard InChI is InChI=1S/C12H14N4O/c1-12(2)5-8(12)10-15-11(17-16-10)7-3-4-9(13)14-6-7/h3-4,6,8H,5H2,1-2H3,(H2,13,14). The van der Waals surface area contributed by atoms with Gasteiger partial charge in [0.15, 0.2) is 5.82 Å². The number of hydrogen-bond donors (Lipinski definition) is 1. The Morgan fingerprint density at radius 1 is 1.41 bits per heavy atom. The Bertz CT molecular complexity index is 544. The van der Waals surface area contributed by atoms with Gasteiger partial charge in [0.1, 0.15) is 5.82 Å². The molecule has 17 heavy (non-hydrogen) atoms. The van der Waals surface area contributed by atoms with Gasteiger partial charge in [0.2, 0.25) is 0 Å². The Morgan fingerprint density at radius 3 is 2.76 bits per heavy atom. The number of anilines is 1. The van der Waals surface area contributed by atoms with E-state index in [-0.39, 0.29) is 0 Å². The van der Waals surface area contributed by atoms with Crippen molar-refractivity contribution in [1.29, 1.82) is 0 Å². The van der Waals surface area contributed by atoms with Crippen LogP contribution >= 0.6 is 0 Å². The van der Waals surface area contributed by atoms with Gasteiger partial charge in [-0.3, -0.25) is 0 Å². The van der Waals surface area contributed by atoms with Gasteiger partial charge in [-0.25, -0.2) is 4.98 Å². The number of hydrogen-bond acceptors (Lipinski definition) is 5. The summed E-state index contributed by atoms with van der Waals surface area (Å²) in [5, 5.41) is 4.03. The van der Waals surface area contributed by atoms with E-state index in [0.29, 0.717) is 23.0 Å². The molecule has 1 fully saturated rings. The first-order valence-corrected chi connectivity index (χ1v) is 5.62. The third-order valence-electron chi connectivity index (χ3n) is 3.30. The summed E-state index contributed by atoms with van der Waals surface area (Å²) < 4.78 is 5.24. The molecule has 0 spiro atoms. The van der Waals surface area contributed by atoms with Crippen molar-refractivity contribution in [2.75, 3.05) is 5.73 Å². The first kappa shape index (κ1) is 10.3. The van der Waals surface area contributed by atoms with Crippen LogP contribution in [0.4, 0.5) is 5.82 Å². The van der Waals surface area contributed by atoms with Gasteiger partial charge in [-0.15, -0.1) is 0 Å². The van der Waals surface area contributed by atoms with Crippen molar-refractivity contribution in [3.05, 3.63) is 24.2 Å². The van der Waals surface area contributed by atoms with Crippen LogP contribution in [0.3, 0.4) is 0 Å². The minimum Gasteiger partial charge on any atom is -0.384 e. The molecule has 2 heterocycles. The first-order valence-electron chi connectivity index (χ1n) is 5.62. The van der Waals surface area contributed by atoms with Crippen molar-refractivity contribution in [3.63, 3.8) is 0 Å². The molecular weight excluding hydrogens is 216 g/mol. The number of nitrogen functional groups attached to an aromatic ring is 1. The Kier molecular flexibility index (Phi) is 1.98. The van der Waals surface area contributed by atoms with Gasteiger partial charge in [-0.2, -0.15) is 4.98 Å². The Hall–Kier alpha value is -1.91. The van der Waals surface area contributed by atoms with E-state index in [1.807, 2.05) is 6.07 Å². The lowest BCUT2D eigenvalue weighted by molar-refractivity contribution is 0.419. The van der Waals surface area contributed by atoms with Crippen molar-refractivity contribution in [1.82, 2.24) is 15.1 Å². The average molecular weight is 230 g/mol. The number of nitrogens with zero attached hydrogens (tertiary/aromatic N) is 3. The predicted octanol–water partition coefficient (Wildman–Crippen LogP) is 2.23. The van der Waals surface area contributed by atoms with Crippen molar-refractivity contribution in [2.24, 2.45) is 5.41 Å². The third kappa shape index (κ3) is 1.77. The summed E-state index contributed by atoms with van der Waals surface area (Å²) in [5.74, 6) is 2.20. The molecule has 0 aliphatic heterocycles. The van der Waals surface area contributed by atoms with E-state index in [4.69, 9.17) is 10.3 Å². The van der Waals surface area contributed by atoms with Crippen molar-refractivity contribution < 1.29 is 4.52 Å². The van der Waals surface area contributed by atoms with E-state index in [0.717, 1.165) is 17.8 Å². The summed E-state index contributed by atoms with van der Waals surface area (Å²) in [4.78, 5) is 8.41. The van der Waals surface area contributed by atoms with Gasteiger partial charge in [0.05, 0.1) is 5.56 Å². The molecule has 0 bridgehead atoms. The zero-order valence-electron chi connectivity index (χ0n) is 9.84. The molecule has 1 aliphatic carbocycles. The molecule has 1 aliphatic rings. The summed E-state index contributed by atoms with van der Waals surface area (Å²) in [6.07, 6.45) is 2.76. The topological polar surface area (TPSA) is 77.8 Å². The fourth-order valence-electron chi connectivity index (χ4n) is 1.93. The lowest BCUT2D eigenvalue weighted by Crippen LogP contribution is -1.92. The van der Waals surface area contributed by atoms with Crippen LogP contribution in [0.15, 0.2) is 22.9 Å². The van der Waals surface area contributed by atoms with E-state index < -0.39 is 0 Å². The second kappa shape index (κ2) is 3.29. The molecular formula is C12H14N4O.